The van der Waals surface area contributed by atoms with Gasteiger partial charge in [0.1, 0.15) is 11.8 Å². The van der Waals surface area contributed by atoms with E-state index >= 15 is 0 Å². The van der Waals surface area contributed by atoms with E-state index in [0.29, 0.717) is 5.76 Å². The summed E-state index contributed by atoms with van der Waals surface area (Å²) < 4.78 is 10.7. The minimum absolute atomic E-state index is 0.00753. The minimum atomic E-state index is -0.00753. The fourth-order valence-electron chi connectivity index (χ4n) is 1.71. The summed E-state index contributed by atoms with van der Waals surface area (Å²) in [5.74, 6) is 0.589. The smallest absolute Gasteiger partial charge is 0.160 e. The van der Waals surface area contributed by atoms with Gasteiger partial charge in [-0.3, -0.25) is 4.79 Å². The summed E-state index contributed by atoms with van der Waals surface area (Å²) in [5, 5.41) is 3.96. The van der Waals surface area contributed by atoms with Gasteiger partial charge in [-0.05, 0) is 38.3 Å². The van der Waals surface area contributed by atoms with Crippen LogP contribution in [0.3, 0.4) is 0 Å². The van der Waals surface area contributed by atoms with Gasteiger partial charge in [0.25, 0.3) is 0 Å². The third-order valence-corrected chi connectivity index (χ3v) is 2.54. The molecule has 0 aromatic carbocycles. The minimum Gasteiger partial charge on any atom is -0.372 e. The highest BCUT2D eigenvalue weighted by Crippen LogP contribution is 2.27. The molecule has 1 unspecified atom stereocenters. The van der Waals surface area contributed by atoms with Crippen molar-refractivity contribution < 1.29 is 14.1 Å². The standard InChI is InChI=1S/C12H15NO3/c1-9(14)5-6-10-8-11(13-16-10)12-4-2-3-7-15-12/h5-6,8,12H,2-4,7H2,1H3. The molecule has 1 saturated heterocycles. The van der Waals surface area contributed by atoms with E-state index in [1.165, 1.54) is 13.0 Å². The lowest BCUT2D eigenvalue weighted by molar-refractivity contribution is -0.112. The second-order valence-corrected chi connectivity index (χ2v) is 3.95. The van der Waals surface area contributed by atoms with E-state index in [1.807, 2.05) is 6.07 Å². The Hall–Kier alpha value is -1.42. The lowest BCUT2D eigenvalue weighted by atomic mass is 10.1. The molecule has 0 radical (unpaired) electrons. The van der Waals surface area contributed by atoms with Crippen molar-refractivity contribution in [3.8, 4) is 0 Å². The molecular formula is C12H15NO3. The second kappa shape index (κ2) is 5.07. The highest BCUT2D eigenvalue weighted by molar-refractivity contribution is 5.91. The van der Waals surface area contributed by atoms with Crippen molar-refractivity contribution in [3.63, 3.8) is 0 Å². The van der Waals surface area contributed by atoms with Crippen LogP contribution in [0.1, 0.15) is 43.7 Å². The summed E-state index contributed by atoms with van der Waals surface area (Å²) in [6, 6.07) is 1.83. The summed E-state index contributed by atoms with van der Waals surface area (Å²) in [6.07, 6.45) is 6.41. The lowest BCUT2D eigenvalue weighted by Gasteiger charge is -2.19. The van der Waals surface area contributed by atoms with Gasteiger partial charge in [0.2, 0.25) is 0 Å². The fourth-order valence-corrected chi connectivity index (χ4v) is 1.71. The molecule has 1 aromatic heterocycles. The van der Waals surface area contributed by atoms with Crippen LogP contribution in [0.2, 0.25) is 0 Å². The van der Waals surface area contributed by atoms with Crippen LogP contribution in [0, 0.1) is 0 Å². The Labute approximate surface area is 94.3 Å². The van der Waals surface area contributed by atoms with Gasteiger partial charge in [0.15, 0.2) is 11.5 Å². The zero-order valence-electron chi connectivity index (χ0n) is 9.31. The molecule has 0 spiro atoms. The molecule has 16 heavy (non-hydrogen) atoms. The largest absolute Gasteiger partial charge is 0.372 e. The normalized spacial score (nSPS) is 21.4. The average molecular weight is 221 g/mol. The Morgan fingerprint density at radius 3 is 3.12 bits per heavy atom. The molecule has 0 saturated carbocycles. The Bertz CT molecular complexity index is 389. The monoisotopic (exact) mass is 221 g/mol. The van der Waals surface area contributed by atoms with Crippen molar-refractivity contribution in [2.45, 2.75) is 32.3 Å². The van der Waals surface area contributed by atoms with E-state index in [4.69, 9.17) is 9.26 Å². The summed E-state index contributed by atoms with van der Waals surface area (Å²) in [7, 11) is 0. The molecule has 86 valence electrons. The Morgan fingerprint density at radius 1 is 1.56 bits per heavy atom. The molecule has 2 heterocycles. The van der Waals surface area contributed by atoms with Crippen molar-refractivity contribution in [2.24, 2.45) is 0 Å². The number of rotatable bonds is 3. The highest BCUT2D eigenvalue weighted by Gasteiger charge is 2.19. The molecule has 0 amide bonds. The molecule has 1 aliphatic heterocycles. The molecule has 0 bridgehead atoms. The predicted molar refractivity (Wildman–Crippen MR) is 58.8 cm³/mol. The van der Waals surface area contributed by atoms with Crippen molar-refractivity contribution in [3.05, 3.63) is 23.6 Å². The van der Waals surface area contributed by atoms with Gasteiger partial charge in [-0.15, -0.1) is 0 Å². The first kappa shape index (κ1) is 11.1. The molecule has 4 heteroatoms. The van der Waals surface area contributed by atoms with Gasteiger partial charge >= 0.3 is 0 Å². The average Bonchev–Trinajstić information content (AvgIpc) is 2.76. The number of aromatic nitrogens is 1. The molecule has 0 N–H and O–H groups in total. The molecule has 2 rings (SSSR count). The molecule has 1 fully saturated rings. The Morgan fingerprint density at radius 2 is 2.44 bits per heavy atom. The molecule has 1 aromatic rings. The van der Waals surface area contributed by atoms with Crippen LogP contribution < -0.4 is 0 Å². The molecule has 1 aliphatic rings. The van der Waals surface area contributed by atoms with Crippen LogP contribution in [0.4, 0.5) is 0 Å². The van der Waals surface area contributed by atoms with Gasteiger partial charge < -0.3 is 9.26 Å². The number of nitrogens with zero attached hydrogens (tertiary/aromatic N) is 1. The quantitative estimate of drug-likeness (QED) is 0.736. The van der Waals surface area contributed by atoms with Gasteiger partial charge in [0.05, 0.1) is 0 Å². The first-order chi connectivity index (χ1) is 7.75. The van der Waals surface area contributed by atoms with Crippen LogP contribution in [0.5, 0.6) is 0 Å². The van der Waals surface area contributed by atoms with Crippen LogP contribution in [-0.4, -0.2) is 17.5 Å². The first-order valence-corrected chi connectivity index (χ1v) is 5.52. The van der Waals surface area contributed by atoms with Gasteiger partial charge in [-0.2, -0.15) is 0 Å². The highest BCUT2D eigenvalue weighted by atomic mass is 16.5. The first-order valence-electron chi connectivity index (χ1n) is 5.52. The van der Waals surface area contributed by atoms with Gasteiger partial charge in [-0.1, -0.05) is 5.16 Å². The van der Waals surface area contributed by atoms with Gasteiger partial charge in [0, 0.05) is 12.7 Å². The van der Waals surface area contributed by atoms with E-state index in [0.717, 1.165) is 31.6 Å². The number of allylic oxidation sites excluding steroid dienone is 1. The number of carbonyl (C=O) groups is 1. The van der Waals surface area contributed by atoms with E-state index in [9.17, 15) is 4.79 Å². The molecular weight excluding hydrogens is 206 g/mol. The SMILES string of the molecule is CC(=O)C=Cc1cc(C2CCCCO2)no1. The molecule has 4 nitrogen and oxygen atoms in total. The van der Waals surface area contributed by atoms with E-state index < -0.39 is 0 Å². The maximum Gasteiger partial charge on any atom is 0.160 e. The summed E-state index contributed by atoms with van der Waals surface area (Å²) >= 11 is 0. The number of hydrogen-bond acceptors (Lipinski definition) is 4. The molecule has 1 atom stereocenters. The summed E-state index contributed by atoms with van der Waals surface area (Å²) in [6.45, 7) is 2.29. The van der Waals surface area contributed by atoms with Crippen LogP contribution >= 0.6 is 0 Å². The Balaban J connectivity index is 2.03. The van der Waals surface area contributed by atoms with Crippen LogP contribution in [-0.2, 0) is 9.53 Å². The maximum atomic E-state index is 10.8. The number of carbonyl (C=O) groups excluding carboxylic acids is 1. The second-order valence-electron chi connectivity index (χ2n) is 3.95. The zero-order chi connectivity index (χ0) is 11.4. The van der Waals surface area contributed by atoms with E-state index in [-0.39, 0.29) is 11.9 Å². The zero-order valence-corrected chi connectivity index (χ0v) is 9.31. The summed E-state index contributed by atoms with van der Waals surface area (Å²) in [4.78, 5) is 10.8. The van der Waals surface area contributed by atoms with Crippen molar-refractivity contribution in [2.75, 3.05) is 6.61 Å². The number of ether oxygens (including phenoxy) is 1. The van der Waals surface area contributed by atoms with Crippen molar-refractivity contribution >= 4 is 11.9 Å². The lowest BCUT2D eigenvalue weighted by Crippen LogP contribution is -2.11. The van der Waals surface area contributed by atoms with Crippen LogP contribution in [0.25, 0.3) is 6.08 Å². The third-order valence-electron chi connectivity index (χ3n) is 2.54. The third kappa shape index (κ3) is 2.79. The number of ketones is 1. The van der Waals surface area contributed by atoms with Gasteiger partial charge in [-0.25, -0.2) is 0 Å². The van der Waals surface area contributed by atoms with Crippen molar-refractivity contribution in [1.29, 1.82) is 0 Å². The van der Waals surface area contributed by atoms with E-state index in [2.05, 4.69) is 5.16 Å². The fraction of sp³-hybridized carbons (Fsp3) is 0.500. The van der Waals surface area contributed by atoms with E-state index in [1.54, 1.807) is 6.08 Å². The summed E-state index contributed by atoms with van der Waals surface area (Å²) in [5.41, 5.74) is 0.822. The molecule has 0 aliphatic carbocycles. The Kier molecular flexibility index (Phi) is 3.51. The topological polar surface area (TPSA) is 52.3 Å². The van der Waals surface area contributed by atoms with Crippen LogP contribution in [0.15, 0.2) is 16.7 Å². The van der Waals surface area contributed by atoms with Crippen molar-refractivity contribution in [1.82, 2.24) is 5.16 Å². The predicted octanol–water partition coefficient (Wildman–Crippen LogP) is 2.52. The number of hydrogen-bond donors (Lipinski definition) is 0. The maximum absolute atomic E-state index is 10.8.